The standard InChI is InChI=1S/C28H27FN6O2/c1-2-25(36)32-21-5-3-4-18(14-21)26-24(29)11-6-19-16-31-28(34-27(19)26)33-20-7-9-22(10-8-20)35-12-13-37-23(15-30)17-35/h2-11,14,16,23H,1,12-13,15,17,30H2,(H,32,36)(H,31,33,34)/t23-/m1/s1. The number of carbonyl (C=O) groups excluding carboxylic acids is 1. The Morgan fingerprint density at radius 3 is 2.81 bits per heavy atom. The SMILES string of the molecule is C=CC(=O)Nc1cccc(-c2c(F)ccc3cnc(Nc4ccc(N5CCO[C@H](CN)C5)cc4)nc23)c1. The van der Waals surface area contributed by atoms with Crippen LogP contribution in [0.4, 0.5) is 27.4 Å². The minimum absolute atomic E-state index is 0.0334. The van der Waals surface area contributed by atoms with Gasteiger partial charge in [0.05, 0.1) is 18.2 Å². The summed E-state index contributed by atoms with van der Waals surface area (Å²) in [6, 6.07) is 17.9. The molecule has 2 heterocycles. The molecule has 0 bridgehead atoms. The van der Waals surface area contributed by atoms with Crippen LogP contribution in [-0.4, -0.2) is 48.2 Å². The van der Waals surface area contributed by atoms with Crippen LogP contribution in [-0.2, 0) is 9.53 Å². The van der Waals surface area contributed by atoms with Gasteiger partial charge in [-0.3, -0.25) is 4.79 Å². The van der Waals surface area contributed by atoms with Gasteiger partial charge in [-0.05, 0) is 60.2 Å². The Kier molecular flexibility index (Phi) is 7.07. The van der Waals surface area contributed by atoms with Crippen LogP contribution in [0.3, 0.4) is 0 Å². The molecule has 0 spiro atoms. The van der Waals surface area contributed by atoms with E-state index in [-0.39, 0.29) is 12.0 Å². The first-order valence-electron chi connectivity index (χ1n) is 12.0. The lowest BCUT2D eigenvalue weighted by molar-refractivity contribution is -0.111. The summed E-state index contributed by atoms with van der Waals surface area (Å²) in [6.07, 6.45) is 2.87. The highest BCUT2D eigenvalue weighted by Crippen LogP contribution is 2.32. The summed E-state index contributed by atoms with van der Waals surface area (Å²) in [7, 11) is 0. The minimum atomic E-state index is -0.421. The maximum Gasteiger partial charge on any atom is 0.247 e. The molecule has 1 amide bonds. The molecule has 0 unspecified atom stereocenters. The maximum atomic E-state index is 15.1. The minimum Gasteiger partial charge on any atom is -0.373 e. The van der Waals surface area contributed by atoms with Crippen molar-refractivity contribution in [1.29, 1.82) is 0 Å². The molecule has 9 heteroatoms. The van der Waals surface area contributed by atoms with Crippen molar-refractivity contribution < 1.29 is 13.9 Å². The fraction of sp³-hybridized carbons (Fsp3) is 0.179. The van der Waals surface area contributed by atoms with Crippen LogP contribution in [0.2, 0.25) is 0 Å². The molecule has 4 aromatic rings. The Bertz CT molecular complexity index is 1440. The second kappa shape index (κ2) is 10.7. The molecule has 1 atom stereocenters. The lowest BCUT2D eigenvalue weighted by atomic mass is 10.0. The number of rotatable bonds is 7. The van der Waals surface area contributed by atoms with Crippen LogP contribution in [0.25, 0.3) is 22.0 Å². The van der Waals surface area contributed by atoms with Crippen molar-refractivity contribution >= 4 is 39.8 Å². The summed E-state index contributed by atoms with van der Waals surface area (Å²) < 4.78 is 20.7. The predicted molar refractivity (Wildman–Crippen MR) is 144 cm³/mol. The van der Waals surface area contributed by atoms with E-state index in [1.165, 1.54) is 12.1 Å². The summed E-state index contributed by atoms with van der Waals surface area (Å²) in [5.74, 6) is -0.420. The van der Waals surface area contributed by atoms with Crippen molar-refractivity contribution in [2.75, 3.05) is 41.8 Å². The van der Waals surface area contributed by atoms with Gasteiger partial charge in [0.2, 0.25) is 11.9 Å². The lowest BCUT2D eigenvalue weighted by Gasteiger charge is -2.34. The van der Waals surface area contributed by atoms with Crippen molar-refractivity contribution in [3.05, 3.63) is 85.3 Å². The Morgan fingerprint density at radius 1 is 1.19 bits per heavy atom. The van der Waals surface area contributed by atoms with Gasteiger partial charge in [-0.15, -0.1) is 0 Å². The first kappa shape index (κ1) is 24.4. The molecule has 1 saturated heterocycles. The third-order valence-corrected chi connectivity index (χ3v) is 6.20. The molecule has 1 aliphatic heterocycles. The molecule has 0 radical (unpaired) electrons. The average molecular weight is 499 g/mol. The zero-order chi connectivity index (χ0) is 25.8. The average Bonchev–Trinajstić information content (AvgIpc) is 2.93. The Labute approximate surface area is 214 Å². The van der Waals surface area contributed by atoms with Gasteiger partial charge in [0.15, 0.2) is 0 Å². The van der Waals surface area contributed by atoms with Gasteiger partial charge in [0.25, 0.3) is 0 Å². The number of halogens is 1. The van der Waals surface area contributed by atoms with Crippen molar-refractivity contribution in [3.8, 4) is 11.1 Å². The number of anilines is 4. The van der Waals surface area contributed by atoms with E-state index in [1.54, 1.807) is 36.5 Å². The zero-order valence-corrected chi connectivity index (χ0v) is 20.2. The molecule has 37 heavy (non-hydrogen) atoms. The third-order valence-electron chi connectivity index (χ3n) is 6.20. The largest absolute Gasteiger partial charge is 0.373 e. The molecule has 1 fully saturated rings. The van der Waals surface area contributed by atoms with Crippen LogP contribution in [0.1, 0.15) is 0 Å². The predicted octanol–water partition coefficient (Wildman–Crippen LogP) is 4.47. The molecule has 8 nitrogen and oxygen atoms in total. The quantitative estimate of drug-likeness (QED) is 0.323. The number of ether oxygens (including phenoxy) is 1. The van der Waals surface area contributed by atoms with Crippen molar-refractivity contribution in [2.24, 2.45) is 5.73 Å². The molecule has 4 N–H and O–H groups in total. The number of fused-ring (bicyclic) bond motifs is 1. The molecule has 3 aromatic carbocycles. The Morgan fingerprint density at radius 2 is 2.03 bits per heavy atom. The van der Waals surface area contributed by atoms with E-state index in [2.05, 4.69) is 32.1 Å². The number of hydrogen-bond donors (Lipinski definition) is 3. The van der Waals surface area contributed by atoms with E-state index < -0.39 is 5.82 Å². The molecule has 5 rings (SSSR count). The Hall–Kier alpha value is -4.34. The van der Waals surface area contributed by atoms with E-state index in [4.69, 9.17) is 10.5 Å². The summed E-state index contributed by atoms with van der Waals surface area (Å²) in [5, 5.41) is 6.61. The fourth-order valence-corrected chi connectivity index (χ4v) is 4.33. The van der Waals surface area contributed by atoms with Crippen molar-refractivity contribution in [2.45, 2.75) is 6.10 Å². The molecular formula is C28H27FN6O2. The van der Waals surface area contributed by atoms with Gasteiger partial charge in [0, 0.05) is 53.8 Å². The molecule has 0 aliphatic carbocycles. The van der Waals surface area contributed by atoms with Crippen LogP contribution in [0.5, 0.6) is 0 Å². The van der Waals surface area contributed by atoms with Gasteiger partial charge in [-0.1, -0.05) is 18.7 Å². The number of morpholine rings is 1. The number of aromatic nitrogens is 2. The summed E-state index contributed by atoms with van der Waals surface area (Å²) in [4.78, 5) is 23.0. The number of benzene rings is 3. The van der Waals surface area contributed by atoms with E-state index in [1.807, 2.05) is 24.3 Å². The second-order valence-electron chi connectivity index (χ2n) is 8.67. The van der Waals surface area contributed by atoms with E-state index in [0.29, 0.717) is 46.8 Å². The molecule has 1 aromatic heterocycles. The monoisotopic (exact) mass is 498 g/mol. The normalized spacial score (nSPS) is 15.4. The molecule has 0 saturated carbocycles. The first-order chi connectivity index (χ1) is 18.0. The van der Waals surface area contributed by atoms with Crippen LogP contribution < -0.4 is 21.3 Å². The number of carbonyl (C=O) groups is 1. The topological polar surface area (TPSA) is 105 Å². The van der Waals surface area contributed by atoms with Crippen molar-refractivity contribution in [3.63, 3.8) is 0 Å². The highest BCUT2D eigenvalue weighted by molar-refractivity contribution is 6.00. The third kappa shape index (κ3) is 5.42. The zero-order valence-electron chi connectivity index (χ0n) is 20.2. The highest BCUT2D eigenvalue weighted by atomic mass is 19.1. The molecule has 188 valence electrons. The second-order valence-corrected chi connectivity index (χ2v) is 8.67. The summed E-state index contributed by atoms with van der Waals surface area (Å²) in [5.41, 5.74) is 9.55. The maximum absolute atomic E-state index is 15.1. The molecular weight excluding hydrogens is 471 g/mol. The van der Waals surface area contributed by atoms with Crippen LogP contribution in [0.15, 0.2) is 79.5 Å². The summed E-state index contributed by atoms with van der Waals surface area (Å²) >= 11 is 0. The number of nitrogens with one attached hydrogen (secondary N) is 2. The first-order valence-corrected chi connectivity index (χ1v) is 12.0. The summed E-state index contributed by atoms with van der Waals surface area (Å²) in [6.45, 7) is 6.17. The number of nitrogens with zero attached hydrogens (tertiary/aromatic N) is 3. The highest BCUT2D eigenvalue weighted by Gasteiger charge is 2.19. The van der Waals surface area contributed by atoms with E-state index >= 15 is 4.39 Å². The number of hydrogen-bond acceptors (Lipinski definition) is 7. The Balaban J connectivity index is 1.42. The van der Waals surface area contributed by atoms with Crippen molar-refractivity contribution in [1.82, 2.24) is 9.97 Å². The van der Waals surface area contributed by atoms with Gasteiger partial charge in [-0.2, -0.15) is 0 Å². The van der Waals surface area contributed by atoms with Gasteiger partial charge < -0.3 is 26.0 Å². The van der Waals surface area contributed by atoms with E-state index in [0.717, 1.165) is 24.5 Å². The molecule has 1 aliphatic rings. The van der Waals surface area contributed by atoms with Crippen LogP contribution in [0, 0.1) is 5.82 Å². The number of amides is 1. The fourth-order valence-electron chi connectivity index (χ4n) is 4.33. The lowest BCUT2D eigenvalue weighted by Crippen LogP contribution is -2.45. The van der Waals surface area contributed by atoms with Gasteiger partial charge in [-0.25, -0.2) is 14.4 Å². The smallest absolute Gasteiger partial charge is 0.247 e. The number of nitrogens with two attached hydrogens (primary N) is 1. The van der Waals surface area contributed by atoms with Crippen LogP contribution >= 0.6 is 0 Å². The van der Waals surface area contributed by atoms with Gasteiger partial charge >= 0.3 is 0 Å². The van der Waals surface area contributed by atoms with Gasteiger partial charge in [0.1, 0.15) is 5.82 Å². The van der Waals surface area contributed by atoms with E-state index in [9.17, 15) is 4.79 Å².